The smallest absolute Gasteiger partial charge is 0.174 e. The fourth-order valence-corrected chi connectivity index (χ4v) is 2.72. The molecular formula is C11H12N2OS2. The van der Waals surface area contributed by atoms with Crippen molar-refractivity contribution in [1.82, 2.24) is 9.36 Å². The van der Waals surface area contributed by atoms with E-state index in [0.717, 1.165) is 21.2 Å². The molecule has 84 valence electrons. The van der Waals surface area contributed by atoms with E-state index in [1.807, 2.05) is 31.2 Å². The van der Waals surface area contributed by atoms with E-state index in [1.165, 1.54) is 11.5 Å². The van der Waals surface area contributed by atoms with Crippen molar-refractivity contribution in [2.24, 2.45) is 0 Å². The Hall–Kier alpha value is -0.910. The van der Waals surface area contributed by atoms with Gasteiger partial charge in [0.25, 0.3) is 0 Å². The van der Waals surface area contributed by atoms with Gasteiger partial charge in [-0.3, -0.25) is 0 Å². The number of benzene rings is 1. The van der Waals surface area contributed by atoms with Gasteiger partial charge in [0, 0.05) is 4.90 Å². The number of hydrogen-bond acceptors (Lipinski definition) is 5. The number of hydrogen-bond donors (Lipinski definition) is 1. The summed E-state index contributed by atoms with van der Waals surface area (Å²) in [5, 5.41) is 9.65. The zero-order valence-electron chi connectivity index (χ0n) is 8.83. The van der Waals surface area contributed by atoms with E-state index in [-0.39, 0.29) is 6.10 Å². The molecule has 5 heteroatoms. The van der Waals surface area contributed by atoms with E-state index in [9.17, 15) is 5.11 Å². The molecule has 1 aromatic carbocycles. The maximum atomic E-state index is 9.65. The Bertz CT molecular complexity index is 428. The van der Waals surface area contributed by atoms with Gasteiger partial charge in [-0.05, 0) is 35.6 Å². The van der Waals surface area contributed by atoms with E-state index in [1.54, 1.807) is 18.1 Å². The largest absolute Gasteiger partial charge is 0.388 e. The molecule has 16 heavy (non-hydrogen) atoms. The molecule has 3 nitrogen and oxygen atoms in total. The van der Waals surface area contributed by atoms with Gasteiger partial charge in [-0.2, -0.15) is 4.37 Å². The van der Waals surface area contributed by atoms with Crippen LogP contribution in [0.4, 0.5) is 0 Å². The second-order valence-corrected chi connectivity index (χ2v) is 5.40. The minimum absolute atomic E-state index is 0.361. The Balaban J connectivity index is 2.07. The van der Waals surface area contributed by atoms with Gasteiger partial charge in [0.1, 0.15) is 6.33 Å². The molecule has 2 rings (SSSR count). The minimum atomic E-state index is -0.361. The molecule has 0 aliphatic carbocycles. The Labute approximate surface area is 103 Å². The first-order valence-electron chi connectivity index (χ1n) is 5.02. The van der Waals surface area contributed by atoms with Gasteiger partial charge in [-0.15, -0.1) is 0 Å². The number of nitrogens with zero attached hydrogens (tertiary/aromatic N) is 2. The number of rotatable bonds is 4. The van der Waals surface area contributed by atoms with E-state index in [2.05, 4.69) is 9.36 Å². The van der Waals surface area contributed by atoms with Gasteiger partial charge in [0.2, 0.25) is 0 Å². The lowest BCUT2D eigenvalue weighted by molar-refractivity contribution is 0.173. The summed E-state index contributed by atoms with van der Waals surface area (Å²) in [6.45, 7) is 1.97. The molecule has 0 fully saturated rings. The van der Waals surface area contributed by atoms with Crippen LogP contribution in [-0.2, 0) is 0 Å². The molecule has 0 amide bonds. The summed E-state index contributed by atoms with van der Waals surface area (Å²) < 4.78 is 4.88. The predicted octanol–water partition coefficient (Wildman–Crippen LogP) is 3.13. The van der Waals surface area contributed by atoms with Crippen LogP contribution in [0.5, 0.6) is 0 Å². The van der Waals surface area contributed by atoms with E-state index in [0.29, 0.717) is 0 Å². The highest BCUT2D eigenvalue weighted by Crippen LogP contribution is 2.29. The van der Waals surface area contributed by atoms with Gasteiger partial charge in [-0.25, -0.2) is 4.98 Å². The van der Waals surface area contributed by atoms with E-state index in [4.69, 9.17) is 0 Å². The fraction of sp³-hybridized carbons (Fsp3) is 0.273. The van der Waals surface area contributed by atoms with Gasteiger partial charge >= 0.3 is 0 Å². The van der Waals surface area contributed by atoms with Crippen molar-refractivity contribution in [2.75, 3.05) is 0 Å². The molecule has 0 radical (unpaired) electrons. The van der Waals surface area contributed by atoms with Crippen molar-refractivity contribution in [3.8, 4) is 0 Å². The molecule has 0 saturated carbocycles. The monoisotopic (exact) mass is 252 g/mol. The predicted molar refractivity (Wildman–Crippen MR) is 65.7 cm³/mol. The van der Waals surface area contributed by atoms with Crippen molar-refractivity contribution in [3.05, 3.63) is 36.2 Å². The summed E-state index contributed by atoms with van der Waals surface area (Å²) in [4.78, 5) is 5.22. The molecule has 1 aromatic heterocycles. The van der Waals surface area contributed by atoms with Crippen LogP contribution in [0.2, 0.25) is 0 Å². The Morgan fingerprint density at radius 2 is 2.12 bits per heavy atom. The summed E-state index contributed by atoms with van der Waals surface area (Å²) >= 11 is 2.97. The Morgan fingerprint density at radius 3 is 2.69 bits per heavy atom. The highest BCUT2D eigenvalue weighted by molar-refractivity contribution is 8.01. The zero-order valence-corrected chi connectivity index (χ0v) is 10.5. The lowest BCUT2D eigenvalue weighted by atomic mass is 10.1. The topological polar surface area (TPSA) is 46.0 Å². The lowest BCUT2D eigenvalue weighted by Crippen LogP contribution is -1.93. The van der Waals surface area contributed by atoms with Crippen LogP contribution in [-0.4, -0.2) is 14.5 Å². The SMILES string of the molecule is CC[C@@H](O)c1ccc(Sc2ncns2)cc1. The van der Waals surface area contributed by atoms with Crippen molar-refractivity contribution in [2.45, 2.75) is 28.7 Å². The molecule has 0 spiro atoms. The summed E-state index contributed by atoms with van der Waals surface area (Å²) in [7, 11) is 0. The van der Waals surface area contributed by atoms with Crippen molar-refractivity contribution >= 4 is 23.3 Å². The third kappa shape index (κ3) is 2.81. The normalized spacial score (nSPS) is 12.6. The maximum Gasteiger partial charge on any atom is 0.174 e. The van der Waals surface area contributed by atoms with Gasteiger partial charge < -0.3 is 5.11 Å². The molecule has 0 bridgehead atoms. The standard InChI is InChI=1S/C11H12N2OS2/c1-2-10(14)8-3-5-9(6-4-8)15-11-12-7-13-16-11/h3-7,10,14H,2H2,1H3/t10-/m1/s1. The Kier molecular flexibility index (Phi) is 3.93. The molecule has 0 saturated heterocycles. The molecule has 0 unspecified atom stereocenters. The van der Waals surface area contributed by atoms with Crippen LogP contribution in [0, 0.1) is 0 Å². The van der Waals surface area contributed by atoms with E-state index >= 15 is 0 Å². The van der Waals surface area contributed by atoms with Crippen LogP contribution in [0.15, 0.2) is 39.8 Å². The summed E-state index contributed by atoms with van der Waals surface area (Å²) in [5.41, 5.74) is 0.962. The van der Waals surface area contributed by atoms with Crippen molar-refractivity contribution < 1.29 is 5.11 Å². The molecule has 1 atom stereocenters. The van der Waals surface area contributed by atoms with Gasteiger partial charge in [0.15, 0.2) is 4.34 Å². The average Bonchev–Trinajstić information content (AvgIpc) is 2.82. The molecule has 2 aromatic rings. The highest BCUT2D eigenvalue weighted by Gasteiger charge is 2.05. The fourth-order valence-electron chi connectivity index (χ4n) is 1.30. The van der Waals surface area contributed by atoms with Crippen LogP contribution in [0.1, 0.15) is 25.0 Å². The summed E-state index contributed by atoms with van der Waals surface area (Å²) in [6, 6.07) is 7.91. The number of aliphatic hydroxyl groups is 1. The second kappa shape index (κ2) is 5.43. The van der Waals surface area contributed by atoms with Crippen molar-refractivity contribution in [1.29, 1.82) is 0 Å². The third-order valence-electron chi connectivity index (χ3n) is 2.20. The van der Waals surface area contributed by atoms with E-state index < -0.39 is 0 Å². The quantitative estimate of drug-likeness (QED) is 0.908. The number of aromatic nitrogens is 2. The first kappa shape index (κ1) is 11.6. The summed E-state index contributed by atoms with van der Waals surface area (Å²) in [6.07, 6.45) is 1.94. The Morgan fingerprint density at radius 1 is 1.38 bits per heavy atom. The third-order valence-corrected chi connectivity index (χ3v) is 3.92. The average molecular weight is 252 g/mol. The molecule has 0 aliphatic heterocycles. The summed E-state index contributed by atoms with van der Waals surface area (Å²) in [5.74, 6) is 0. The highest BCUT2D eigenvalue weighted by atomic mass is 32.2. The van der Waals surface area contributed by atoms with Crippen LogP contribution < -0.4 is 0 Å². The second-order valence-electron chi connectivity index (χ2n) is 3.30. The van der Waals surface area contributed by atoms with Gasteiger partial charge in [-0.1, -0.05) is 30.8 Å². The molecule has 1 heterocycles. The maximum absolute atomic E-state index is 9.65. The van der Waals surface area contributed by atoms with Crippen LogP contribution >= 0.6 is 23.3 Å². The first-order chi connectivity index (χ1) is 7.79. The lowest BCUT2D eigenvalue weighted by Gasteiger charge is -2.07. The molecule has 0 aliphatic rings. The molecular weight excluding hydrogens is 240 g/mol. The number of aliphatic hydroxyl groups excluding tert-OH is 1. The molecule has 1 N–H and O–H groups in total. The minimum Gasteiger partial charge on any atom is -0.388 e. The first-order valence-corrected chi connectivity index (χ1v) is 6.61. The van der Waals surface area contributed by atoms with Gasteiger partial charge in [0.05, 0.1) is 6.10 Å². The van der Waals surface area contributed by atoms with Crippen LogP contribution in [0.25, 0.3) is 0 Å². The van der Waals surface area contributed by atoms with Crippen LogP contribution in [0.3, 0.4) is 0 Å². The zero-order chi connectivity index (χ0) is 11.4. The van der Waals surface area contributed by atoms with Crippen molar-refractivity contribution in [3.63, 3.8) is 0 Å².